The fraction of sp³-hybridized carbons (Fsp3) is 0.864. The Bertz CT molecular complexity index is 609. The molecule has 178 valence electrons. The van der Waals surface area contributed by atoms with Crippen LogP contribution in [0.1, 0.15) is 86.5 Å². The van der Waals surface area contributed by atoms with Crippen LogP contribution < -0.4 is 0 Å². The Kier molecular flexibility index (Phi) is 9.90. The normalized spacial score (nSPS) is 20.5. The van der Waals surface area contributed by atoms with E-state index >= 15 is 0 Å². The van der Waals surface area contributed by atoms with Crippen molar-refractivity contribution in [1.29, 1.82) is 0 Å². The summed E-state index contributed by atoms with van der Waals surface area (Å²) in [6.45, 7) is 10.3. The predicted octanol–water partition coefficient (Wildman–Crippen LogP) is 4.98. The number of hydrogen-bond donors (Lipinski definition) is 0. The highest BCUT2D eigenvalue weighted by atomic mass is 16.6. The highest BCUT2D eigenvalue weighted by Crippen LogP contribution is 2.33. The molecule has 0 aromatic rings. The first-order chi connectivity index (χ1) is 14.2. The van der Waals surface area contributed by atoms with Crippen molar-refractivity contribution in [2.75, 3.05) is 6.54 Å². The van der Waals surface area contributed by atoms with Crippen molar-refractivity contribution in [2.45, 2.75) is 104 Å². The smallest absolute Gasteiger partial charge is 0.419 e. The van der Waals surface area contributed by atoms with E-state index in [1.165, 1.54) is 0 Å². The van der Waals surface area contributed by atoms with E-state index in [0.717, 1.165) is 24.0 Å². The third-order valence-corrected chi connectivity index (χ3v) is 5.17. The van der Waals surface area contributed by atoms with E-state index in [9.17, 15) is 24.5 Å². The molecule has 1 aliphatic carbocycles. The lowest BCUT2D eigenvalue weighted by Gasteiger charge is -2.30. The van der Waals surface area contributed by atoms with Crippen molar-refractivity contribution in [3.63, 3.8) is 0 Å². The Morgan fingerprint density at radius 3 is 2.00 bits per heavy atom. The van der Waals surface area contributed by atoms with Gasteiger partial charge >= 0.3 is 12.2 Å². The molecule has 0 aromatic heterocycles. The second-order valence-corrected chi connectivity index (χ2v) is 10.2. The minimum atomic E-state index is -0.783. The number of imide groups is 1. The van der Waals surface area contributed by atoms with Crippen LogP contribution >= 0.6 is 0 Å². The van der Waals surface area contributed by atoms with Crippen LogP contribution in [-0.4, -0.2) is 52.1 Å². The number of hydrogen-bond acceptors (Lipinski definition) is 7. The van der Waals surface area contributed by atoms with E-state index in [4.69, 9.17) is 9.47 Å². The van der Waals surface area contributed by atoms with Crippen LogP contribution in [0.5, 0.6) is 0 Å². The molecule has 0 saturated heterocycles. The summed E-state index contributed by atoms with van der Waals surface area (Å²) in [6, 6.07) is -0.677. The molecule has 9 heteroatoms. The topological polar surface area (TPSA) is 116 Å². The quantitative estimate of drug-likeness (QED) is 0.225. The molecule has 9 nitrogen and oxygen atoms in total. The first-order valence-electron chi connectivity index (χ1n) is 11.1. The van der Waals surface area contributed by atoms with Gasteiger partial charge in [0.25, 0.3) is 0 Å². The average Bonchev–Trinajstić information content (AvgIpc) is 2.61. The molecular weight excluding hydrogens is 404 g/mol. The van der Waals surface area contributed by atoms with Crippen LogP contribution in [0.25, 0.3) is 0 Å². The Hall–Kier alpha value is -2.19. The van der Waals surface area contributed by atoms with Crippen LogP contribution in [0.3, 0.4) is 0 Å². The third kappa shape index (κ3) is 9.65. The summed E-state index contributed by atoms with van der Waals surface area (Å²) in [5.41, 5.74) is -1.53. The van der Waals surface area contributed by atoms with Crippen molar-refractivity contribution in [2.24, 2.45) is 11.8 Å². The average molecular weight is 443 g/mol. The van der Waals surface area contributed by atoms with Gasteiger partial charge in [-0.05, 0) is 67.2 Å². The minimum absolute atomic E-state index is 0.0821. The van der Waals surface area contributed by atoms with E-state index in [0.29, 0.717) is 32.1 Å². The van der Waals surface area contributed by atoms with Gasteiger partial charge in [0.15, 0.2) is 0 Å². The molecule has 0 N–H and O–H groups in total. The standard InChI is InChI=1S/C22H38N2O7/c1-21(2,3)30-19(26)23(20(27)31-22(4,5)6)14-10-9-11-16(15-25)17-12-7-8-13-18(17)24(28)29/h15-18H,7-14H2,1-6H3/t16-,17+,18-/m1/s1. The summed E-state index contributed by atoms with van der Waals surface area (Å²) < 4.78 is 10.7. The number of ether oxygens (including phenoxy) is 2. The maximum Gasteiger partial charge on any atom is 0.419 e. The first kappa shape index (κ1) is 26.8. The SMILES string of the molecule is CC(C)(C)OC(=O)N(CCCC[C@H](C=O)[C@@H]1CCCC[C@H]1[N+](=O)[O-])C(=O)OC(C)(C)C. The van der Waals surface area contributed by atoms with Gasteiger partial charge in [-0.25, -0.2) is 14.5 Å². The number of unbranched alkanes of at least 4 members (excludes halogenated alkanes) is 1. The van der Waals surface area contributed by atoms with E-state index in [1.807, 2.05) is 0 Å². The lowest BCUT2D eigenvalue weighted by molar-refractivity contribution is -0.537. The van der Waals surface area contributed by atoms with Gasteiger partial charge in [0.05, 0.1) is 0 Å². The van der Waals surface area contributed by atoms with Gasteiger partial charge in [-0.1, -0.05) is 12.8 Å². The fourth-order valence-corrected chi connectivity index (χ4v) is 3.83. The molecule has 0 spiro atoms. The molecule has 0 aliphatic heterocycles. The summed E-state index contributed by atoms with van der Waals surface area (Å²) in [6.07, 6.45) is 3.62. The van der Waals surface area contributed by atoms with Crippen molar-refractivity contribution in [1.82, 2.24) is 4.90 Å². The largest absolute Gasteiger partial charge is 0.443 e. The Morgan fingerprint density at radius 2 is 1.55 bits per heavy atom. The Balaban J connectivity index is 2.72. The van der Waals surface area contributed by atoms with Gasteiger partial charge in [0.1, 0.15) is 17.5 Å². The monoisotopic (exact) mass is 442 g/mol. The summed E-state index contributed by atoms with van der Waals surface area (Å²) in [5.74, 6) is -0.652. The first-order valence-corrected chi connectivity index (χ1v) is 11.1. The number of nitro groups is 1. The molecule has 0 bridgehead atoms. The molecule has 3 atom stereocenters. The lowest BCUT2D eigenvalue weighted by Crippen LogP contribution is -2.44. The second-order valence-electron chi connectivity index (χ2n) is 10.2. The predicted molar refractivity (Wildman–Crippen MR) is 115 cm³/mol. The molecule has 1 aliphatic rings. The maximum absolute atomic E-state index is 12.5. The fourth-order valence-electron chi connectivity index (χ4n) is 3.83. The molecule has 0 radical (unpaired) electrons. The van der Waals surface area contributed by atoms with Crippen molar-refractivity contribution < 1.29 is 28.8 Å². The highest BCUT2D eigenvalue weighted by molar-refractivity contribution is 5.88. The van der Waals surface area contributed by atoms with Gasteiger partial charge in [-0.15, -0.1) is 0 Å². The zero-order valence-electron chi connectivity index (χ0n) is 19.7. The van der Waals surface area contributed by atoms with Crippen LogP contribution in [0, 0.1) is 22.0 Å². The number of carbonyl (C=O) groups is 3. The summed E-state index contributed by atoms with van der Waals surface area (Å²) in [5, 5.41) is 11.4. The number of nitrogens with zero attached hydrogens (tertiary/aromatic N) is 2. The van der Waals surface area contributed by atoms with Crippen molar-refractivity contribution in [3.05, 3.63) is 10.1 Å². The molecule has 0 aromatic carbocycles. The van der Waals surface area contributed by atoms with Gasteiger partial charge in [-0.2, -0.15) is 0 Å². The summed E-state index contributed by atoms with van der Waals surface area (Å²) in [4.78, 5) is 48.7. The van der Waals surface area contributed by atoms with Gasteiger partial charge in [-0.3, -0.25) is 10.1 Å². The number of aldehydes is 1. The minimum Gasteiger partial charge on any atom is -0.443 e. The van der Waals surface area contributed by atoms with E-state index < -0.39 is 35.3 Å². The molecule has 1 rings (SSSR count). The maximum atomic E-state index is 12.5. The van der Waals surface area contributed by atoms with Gasteiger partial charge < -0.3 is 14.3 Å². The molecule has 1 saturated carbocycles. The van der Waals surface area contributed by atoms with Crippen molar-refractivity contribution >= 4 is 18.5 Å². The number of carbonyl (C=O) groups excluding carboxylic acids is 3. The zero-order chi connectivity index (χ0) is 23.8. The van der Waals surface area contributed by atoms with Crippen LogP contribution in [-0.2, 0) is 14.3 Å². The van der Waals surface area contributed by atoms with Crippen molar-refractivity contribution in [3.8, 4) is 0 Å². The summed E-state index contributed by atoms with van der Waals surface area (Å²) >= 11 is 0. The van der Waals surface area contributed by atoms with E-state index in [1.54, 1.807) is 41.5 Å². The van der Waals surface area contributed by atoms with Crippen LogP contribution in [0.4, 0.5) is 9.59 Å². The van der Waals surface area contributed by atoms with Gasteiger partial charge in [0.2, 0.25) is 6.04 Å². The second kappa shape index (κ2) is 11.4. The number of rotatable bonds is 8. The molecule has 2 amide bonds. The third-order valence-electron chi connectivity index (χ3n) is 5.17. The lowest BCUT2D eigenvalue weighted by atomic mass is 9.75. The molecule has 0 heterocycles. The van der Waals surface area contributed by atoms with Crippen LogP contribution in [0.15, 0.2) is 0 Å². The Morgan fingerprint density at radius 1 is 1.03 bits per heavy atom. The number of amides is 2. The van der Waals surface area contributed by atoms with E-state index in [2.05, 4.69) is 0 Å². The summed E-state index contributed by atoms with van der Waals surface area (Å²) in [7, 11) is 0. The molecule has 1 fully saturated rings. The molecule has 31 heavy (non-hydrogen) atoms. The van der Waals surface area contributed by atoms with E-state index in [-0.39, 0.29) is 17.4 Å². The molecule has 0 unspecified atom stereocenters. The zero-order valence-corrected chi connectivity index (χ0v) is 19.7. The van der Waals surface area contributed by atoms with Crippen LogP contribution in [0.2, 0.25) is 0 Å². The Labute approximate surface area is 185 Å². The highest BCUT2D eigenvalue weighted by Gasteiger charge is 2.39. The van der Waals surface area contributed by atoms with Gasteiger partial charge in [0, 0.05) is 29.7 Å². The molecular formula is C22H38N2O7.